The van der Waals surface area contributed by atoms with E-state index in [1.807, 2.05) is 27.7 Å². The maximum absolute atomic E-state index is 13.6. The third kappa shape index (κ3) is 3.54. The van der Waals surface area contributed by atoms with Crippen LogP contribution in [-0.2, 0) is 9.59 Å². The van der Waals surface area contributed by atoms with E-state index in [0.717, 1.165) is 0 Å². The van der Waals surface area contributed by atoms with Gasteiger partial charge in [0.15, 0.2) is 17.3 Å². The van der Waals surface area contributed by atoms with E-state index >= 15 is 0 Å². The van der Waals surface area contributed by atoms with Crippen molar-refractivity contribution >= 4 is 17.3 Å². The topological polar surface area (TPSA) is 101 Å². The van der Waals surface area contributed by atoms with Gasteiger partial charge in [-0.2, -0.15) is 0 Å². The average Bonchev–Trinajstić information content (AvgIpc) is 2.64. The van der Waals surface area contributed by atoms with Crippen molar-refractivity contribution in [2.24, 2.45) is 22.7 Å². The van der Waals surface area contributed by atoms with Crippen LogP contribution in [0, 0.1) is 22.7 Å². The molecule has 0 aromatic heterocycles. The third-order valence-electron chi connectivity index (χ3n) is 6.53. The zero-order valence-corrected chi connectivity index (χ0v) is 20.3. The largest absolute Gasteiger partial charge is 0.507 e. The molecule has 0 radical (unpaired) electrons. The standard InChI is InChI=1S/C26H34O6/c1-12(2)9-14-18-17(11-16(28)20(21(18)29)15(27)10-13(3)4)32-23-19(14)22(30)25(5,6)24(31)26(23,7)8/h11-14,28-29H,9-10H2,1-8H3/t14-/m0/s1. The highest BCUT2D eigenvalue weighted by atomic mass is 16.5. The van der Waals surface area contributed by atoms with Crippen LogP contribution in [0.4, 0.5) is 0 Å². The number of phenols is 2. The summed E-state index contributed by atoms with van der Waals surface area (Å²) < 4.78 is 6.08. The number of Topliss-reactive ketones (excluding diaryl/α,β-unsaturated/α-hetero) is 3. The van der Waals surface area contributed by atoms with Gasteiger partial charge in [0.1, 0.15) is 28.6 Å². The fraction of sp³-hybridized carbons (Fsp3) is 0.577. The number of carbonyl (C=O) groups is 3. The van der Waals surface area contributed by atoms with Crippen LogP contribution >= 0.6 is 0 Å². The molecule has 0 fully saturated rings. The Bertz CT molecular complexity index is 1040. The molecule has 3 rings (SSSR count). The van der Waals surface area contributed by atoms with Gasteiger partial charge in [0.2, 0.25) is 0 Å². The zero-order chi connectivity index (χ0) is 24.3. The smallest absolute Gasteiger partial charge is 0.175 e. The first-order valence-corrected chi connectivity index (χ1v) is 11.3. The van der Waals surface area contributed by atoms with E-state index in [9.17, 15) is 24.6 Å². The van der Waals surface area contributed by atoms with E-state index in [4.69, 9.17) is 4.74 Å². The van der Waals surface area contributed by atoms with Gasteiger partial charge in [0, 0.05) is 29.5 Å². The fourth-order valence-electron chi connectivity index (χ4n) is 5.04. The SMILES string of the molecule is CC(C)CC(=O)c1c(O)cc2c(c1O)[C@H](CC(C)C)C1=C(O2)C(C)(C)C(=O)C(C)(C)C1=O. The van der Waals surface area contributed by atoms with Crippen molar-refractivity contribution < 1.29 is 29.3 Å². The Morgan fingerprint density at radius 1 is 1.03 bits per heavy atom. The minimum atomic E-state index is -1.23. The Balaban J connectivity index is 2.32. The second-order valence-corrected chi connectivity index (χ2v) is 11.0. The molecule has 1 aliphatic heterocycles. The van der Waals surface area contributed by atoms with Crippen LogP contribution in [0.2, 0.25) is 0 Å². The lowest BCUT2D eigenvalue weighted by atomic mass is 9.59. The summed E-state index contributed by atoms with van der Waals surface area (Å²) in [5.74, 6) is -1.56. The van der Waals surface area contributed by atoms with Crippen LogP contribution in [-0.4, -0.2) is 27.6 Å². The monoisotopic (exact) mass is 442 g/mol. The lowest BCUT2D eigenvalue weighted by molar-refractivity contribution is -0.144. The first-order chi connectivity index (χ1) is 14.6. The highest BCUT2D eigenvalue weighted by Crippen LogP contribution is 2.57. The number of ether oxygens (including phenoxy) is 1. The van der Waals surface area contributed by atoms with Gasteiger partial charge in [-0.25, -0.2) is 0 Å². The molecule has 6 heteroatoms. The Morgan fingerprint density at radius 2 is 1.62 bits per heavy atom. The normalized spacial score (nSPS) is 21.5. The molecule has 0 spiro atoms. The van der Waals surface area contributed by atoms with Crippen LogP contribution in [0.15, 0.2) is 17.4 Å². The molecule has 1 aromatic carbocycles. The maximum Gasteiger partial charge on any atom is 0.175 e. The number of aromatic hydroxyl groups is 2. The van der Waals surface area contributed by atoms with E-state index in [1.165, 1.54) is 6.07 Å². The molecule has 0 saturated carbocycles. The molecule has 1 aliphatic carbocycles. The van der Waals surface area contributed by atoms with Gasteiger partial charge in [-0.1, -0.05) is 27.7 Å². The minimum absolute atomic E-state index is 0.0434. The Hall–Kier alpha value is -2.63. The van der Waals surface area contributed by atoms with Gasteiger partial charge in [-0.15, -0.1) is 0 Å². The molecule has 0 amide bonds. The van der Waals surface area contributed by atoms with Crippen LogP contribution in [0.3, 0.4) is 0 Å². The van der Waals surface area contributed by atoms with Crippen molar-refractivity contribution in [2.75, 3.05) is 0 Å². The van der Waals surface area contributed by atoms with Crippen molar-refractivity contribution in [1.82, 2.24) is 0 Å². The first-order valence-electron chi connectivity index (χ1n) is 11.3. The number of fused-ring (bicyclic) bond motifs is 1. The number of allylic oxidation sites excluding steroid dienone is 2. The number of benzene rings is 1. The Morgan fingerprint density at radius 3 is 2.16 bits per heavy atom. The van der Waals surface area contributed by atoms with Crippen LogP contribution in [0.25, 0.3) is 0 Å². The molecule has 6 nitrogen and oxygen atoms in total. The summed E-state index contributed by atoms with van der Waals surface area (Å²) in [5, 5.41) is 21.8. The van der Waals surface area contributed by atoms with Crippen molar-refractivity contribution in [2.45, 2.75) is 74.1 Å². The number of ketones is 3. The van der Waals surface area contributed by atoms with Crippen molar-refractivity contribution in [3.8, 4) is 17.2 Å². The van der Waals surface area contributed by atoms with Crippen molar-refractivity contribution in [3.63, 3.8) is 0 Å². The van der Waals surface area contributed by atoms with E-state index < -0.39 is 16.7 Å². The van der Waals surface area contributed by atoms with Crippen LogP contribution in [0.5, 0.6) is 17.2 Å². The number of hydrogen-bond donors (Lipinski definition) is 2. The van der Waals surface area contributed by atoms with Gasteiger partial charge in [0.05, 0.1) is 10.8 Å². The summed E-state index contributed by atoms with van der Waals surface area (Å²) in [6.45, 7) is 14.5. The molecule has 0 unspecified atom stereocenters. The quantitative estimate of drug-likeness (QED) is 0.474. The van der Waals surface area contributed by atoms with Crippen molar-refractivity contribution in [1.29, 1.82) is 0 Å². The molecule has 174 valence electrons. The number of hydrogen-bond acceptors (Lipinski definition) is 6. The molecule has 32 heavy (non-hydrogen) atoms. The Kier molecular flexibility index (Phi) is 5.82. The van der Waals surface area contributed by atoms with E-state index in [0.29, 0.717) is 17.6 Å². The number of rotatable bonds is 5. The predicted molar refractivity (Wildman–Crippen MR) is 121 cm³/mol. The van der Waals surface area contributed by atoms with Gasteiger partial charge < -0.3 is 14.9 Å². The van der Waals surface area contributed by atoms with Crippen molar-refractivity contribution in [3.05, 3.63) is 28.5 Å². The predicted octanol–water partition coefficient (Wildman–Crippen LogP) is 5.31. The Labute approximate surface area is 189 Å². The molecule has 0 bridgehead atoms. The second-order valence-electron chi connectivity index (χ2n) is 11.0. The summed E-state index contributed by atoms with van der Waals surface area (Å²) in [6, 6.07) is 1.32. The molecular formula is C26H34O6. The van der Waals surface area contributed by atoms with Crippen LogP contribution in [0.1, 0.15) is 90.1 Å². The molecule has 1 aromatic rings. The number of phenolic OH excluding ortho intramolecular Hbond substituents is 2. The van der Waals surface area contributed by atoms with Gasteiger partial charge in [0.25, 0.3) is 0 Å². The zero-order valence-electron chi connectivity index (χ0n) is 20.3. The summed E-state index contributed by atoms with van der Waals surface area (Å²) in [4.78, 5) is 39.6. The summed E-state index contributed by atoms with van der Waals surface area (Å²) in [5.41, 5.74) is -1.73. The molecule has 2 aliphatic rings. The summed E-state index contributed by atoms with van der Waals surface area (Å²) >= 11 is 0. The average molecular weight is 443 g/mol. The first kappa shape index (κ1) is 24.0. The fourth-order valence-corrected chi connectivity index (χ4v) is 5.04. The second kappa shape index (κ2) is 7.75. The summed E-state index contributed by atoms with van der Waals surface area (Å²) in [7, 11) is 0. The highest BCUT2D eigenvalue weighted by Gasteiger charge is 2.57. The maximum atomic E-state index is 13.6. The molecule has 2 N–H and O–H groups in total. The van der Waals surface area contributed by atoms with Gasteiger partial charge in [-0.05, 0) is 46.0 Å². The summed E-state index contributed by atoms with van der Waals surface area (Å²) in [6.07, 6.45) is 0.675. The molecule has 1 atom stereocenters. The lowest BCUT2D eigenvalue weighted by Gasteiger charge is -2.45. The van der Waals surface area contributed by atoms with E-state index in [-0.39, 0.29) is 64.2 Å². The van der Waals surface area contributed by atoms with E-state index in [1.54, 1.807) is 27.7 Å². The molecule has 0 saturated heterocycles. The molecular weight excluding hydrogens is 408 g/mol. The van der Waals surface area contributed by atoms with Crippen LogP contribution < -0.4 is 4.74 Å². The number of carbonyl (C=O) groups excluding carboxylic acids is 3. The lowest BCUT2D eigenvalue weighted by Crippen LogP contribution is -2.51. The third-order valence-corrected chi connectivity index (χ3v) is 6.53. The minimum Gasteiger partial charge on any atom is -0.507 e. The highest BCUT2D eigenvalue weighted by molar-refractivity contribution is 6.20. The van der Waals surface area contributed by atoms with Gasteiger partial charge in [-0.3, -0.25) is 14.4 Å². The van der Waals surface area contributed by atoms with Gasteiger partial charge >= 0.3 is 0 Å². The molecule has 1 heterocycles. The van der Waals surface area contributed by atoms with E-state index in [2.05, 4.69) is 0 Å².